The van der Waals surface area contributed by atoms with Gasteiger partial charge in [-0.05, 0) is 101 Å². The van der Waals surface area contributed by atoms with E-state index < -0.39 is 150 Å². The summed E-state index contributed by atoms with van der Waals surface area (Å²) in [7, 11) is 10.1. The number of nitrogens with zero attached hydrogens (tertiary/aromatic N) is 7. The molecular weight excluding hydrogens is 1090 g/mol. The van der Waals surface area contributed by atoms with E-state index in [4.69, 9.17) is 0 Å². The molecule has 0 radical (unpaired) electrons. The predicted molar refractivity (Wildman–Crippen MR) is 328 cm³/mol. The molecule has 85 heavy (non-hydrogen) atoms. The molecule has 23 nitrogen and oxygen atoms in total. The highest BCUT2D eigenvalue weighted by atomic mass is 16.3. The zero-order valence-electron chi connectivity index (χ0n) is 55.9. The number of aliphatic hydroxyl groups excluding tert-OH is 1. The number of hydrogen-bond acceptors (Lipinski definition) is 12. The number of amides is 11. The van der Waals surface area contributed by atoms with Crippen LogP contribution in [-0.2, 0) is 52.7 Å². The molecule has 1 rings (SSSR count). The Morgan fingerprint density at radius 2 is 0.894 bits per heavy atom. The SMILES string of the molecule is C/C=C/C[C@H](C)[C@H](O)C1C(=O)NCCCC(=O)N(C)CC(=O)N(C)[C@@H](CC(C)C)C(=O)N[C@@H](C(C)C)C(=O)N(C)[C@@H](CC(C)C)C(=O)N[C@@H](C)C(=O)N[C@H](C)C(=O)N(C)[C@@H](CC(C)C)C(=O)N(C)[C@@H](CC(C)C)C(=O)N(C)[C@H](C(C)C)C(=O)N1C. The van der Waals surface area contributed by atoms with E-state index in [0.717, 1.165) is 4.90 Å². The van der Waals surface area contributed by atoms with E-state index in [2.05, 4.69) is 21.3 Å². The molecule has 1 heterocycles. The Morgan fingerprint density at radius 3 is 1.36 bits per heavy atom. The molecule has 1 aliphatic rings. The molecule has 0 aromatic carbocycles. The van der Waals surface area contributed by atoms with Crippen LogP contribution in [0.5, 0.6) is 0 Å². The number of nitrogens with one attached hydrogen (secondary N) is 4. The van der Waals surface area contributed by atoms with Gasteiger partial charge in [0.05, 0.1) is 12.6 Å². The van der Waals surface area contributed by atoms with E-state index in [9.17, 15) is 53.1 Å². The second-order valence-electron chi connectivity index (χ2n) is 26.1. The van der Waals surface area contributed by atoms with Crippen LogP contribution in [0.1, 0.15) is 156 Å². The predicted octanol–water partition coefficient (Wildman–Crippen LogP) is 3.27. The second-order valence-corrected chi connectivity index (χ2v) is 26.1. The summed E-state index contributed by atoms with van der Waals surface area (Å²) < 4.78 is 0. The third-order valence-corrected chi connectivity index (χ3v) is 16.0. The molecule has 11 amide bonds. The van der Waals surface area contributed by atoms with Gasteiger partial charge in [-0.1, -0.05) is 102 Å². The largest absolute Gasteiger partial charge is 0.390 e. The molecule has 0 bridgehead atoms. The minimum absolute atomic E-state index is 0.0558. The van der Waals surface area contributed by atoms with E-state index >= 15 is 4.79 Å². The first-order chi connectivity index (χ1) is 39.3. The van der Waals surface area contributed by atoms with E-state index in [1.807, 2.05) is 68.4 Å². The first kappa shape index (κ1) is 76.9. The van der Waals surface area contributed by atoms with Gasteiger partial charge in [0.15, 0.2) is 0 Å². The minimum atomic E-state index is -1.46. The maximum Gasteiger partial charge on any atom is 0.246 e. The van der Waals surface area contributed by atoms with Crippen LogP contribution in [0, 0.1) is 41.4 Å². The number of aliphatic hydroxyl groups is 1. The van der Waals surface area contributed by atoms with Gasteiger partial charge >= 0.3 is 0 Å². The number of carbonyl (C=O) groups is 11. The molecule has 1 unspecified atom stereocenters. The second kappa shape index (κ2) is 35.5. The molecule has 5 N–H and O–H groups in total. The van der Waals surface area contributed by atoms with Crippen LogP contribution in [0.4, 0.5) is 0 Å². The van der Waals surface area contributed by atoms with Crippen LogP contribution >= 0.6 is 0 Å². The summed E-state index contributed by atoms with van der Waals surface area (Å²) >= 11 is 0. The Balaban J connectivity index is 4.13. The first-order valence-electron chi connectivity index (χ1n) is 30.6. The number of rotatable bonds is 14. The van der Waals surface area contributed by atoms with Crippen LogP contribution in [-0.4, -0.2) is 227 Å². The molecule has 0 saturated carbocycles. The summed E-state index contributed by atoms with van der Waals surface area (Å²) in [6.45, 7) is 27.9. The smallest absolute Gasteiger partial charge is 0.246 e. The van der Waals surface area contributed by atoms with Crippen LogP contribution in [0.15, 0.2) is 12.2 Å². The summed E-state index contributed by atoms with van der Waals surface area (Å²) in [4.78, 5) is 167. The average Bonchev–Trinajstić information content (AvgIpc) is 2.91. The fraction of sp³-hybridized carbons (Fsp3) is 0.790. The lowest BCUT2D eigenvalue weighted by Gasteiger charge is -2.41. The Bertz CT molecular complexity index is 2310. The standard InChI is InChI=1S/C62H111N11O12/c1-24-25-27-41(14)53(76)52-57(80)63-29-26-28-48(74)67(17)34-49(75)68(18)44(30-35(2)3)56(79)66-50(39(10)11)61(84)69(19)45(31-36(4)5)55(78)64-42(15)54(77)65-43(16)58(81)70(20)46(32-37(6)7)59(82)71(21)47(33-38(8)9)60(83)72(22)51(40(12)13)62(85)73(52)23/h24-25,35-47,50-53,76H,26-34H2,1-23H3,(H,63,80)(H,64,78)(H,65,77)(H,66,79)/b25-24+/t41-,42-,43+,44-,45-,46-,47-,50-,51+,52?,53-/m0/s1. The van der Waals surface area contributed by atoms with Crippen molar-refractivity contribution in [3.05, 3.63) is 12.2 Å². The van der Waals surface area contributed by atoms with Crippen molar-refractivity contribution < 1.29 is 57.8 Å². The minimum Gasteiger partial charge on any atom is -0.390 e. The Morgan fingerprint density at radius 1 is 0.471 bits per heavy atom. The summed E-state index contributed by atoms with van der Waals surface area (Å²) in [5.74, 6) is -8.83. The Hall–Kier alpha value is -6.13. The van der Waals surface area contributed by atoms with Crippen molar-refractivity contribution in [2.24, 2.45) is 41.4 Å². The van der Waals surface area contributed by atoms with Gasteiger partial charge < -0.3 is 60.7 Å². The van der Waals surface area contributed by atoms with E-state index in [0.29, 0.717) is 6.42 Å². The zero-order valence-corrected chi connectivity index (χ0v) is 55.9. The Kier molecular flexibility index (Phi) is 32.1. The third-order valence-electron chi connectivity index (χ3n) is 16.0. The van der Waals surface area contributed by atoms with Crippen LogP contribution in [0.3, 0.4) is 0 Å². The molecule has 1 saturated heterocycles. The molecule has 0 aromatic rings. The maximum atomic E-state index is 15.0. The topological polar surface area (TPSA) is 279 Å². The molecule has 1 aliphatic heterocycles. The van der Waals surface area contributed by atoms with Crippen molar-refractivity contribution in [1.29, 1.82) is 0 Å². The van der Waals surface area contributed by atoms with Crippen molar-refractivity contribution in [2.75, 3.05) is 62.4 Å². The van der Waals surface area contributed by atoms with Crippen LogP contribution in [0.2, 0.25) is 0 Å². The van der Waals surface area contributed by atoms with Crippen molar-refractivity contribution in [3.63, 3.8) is 0 Å². The van der Waals surface area contributed by atoms with Gasteiger partial charge in [0.2, 0.25) is 65.0 Å². The lowest BCUT2D eigenvalue weighted by molar-refractivity contribution is -0.157. The first-order valence-corrected chi connectivity index (χ1v) is 30.6. The summed E-state index contributed by atoms with van der Waals surface area (Å²) in [5.41, 5.74) is 0. The van der Waals surface area contributed by atoms with Crippen molar-refractivity contribution >= 4 is 65.0 Å². The molecule has 0 spiro atoms. The number of carbonyl (C=O) groups excluding carboxylic acids is 11. The molecule has 0 aromatic heterocycles. The van der Waals surface area contributed by atoms with E-state index in [-0.39, 0.29) is 68.7 Å². The van der Waals surface area contributed by atoms with Gasteiger partial charge in [0, 0.05) is 62.3 Å². The fourth-order valence-corrected chi connectivity index (χ4v) is 10.6. The van der Waals surface area contributed by atoms with Gasteiger partial charge in [-0.3, -0.25) is 52.7 Å². The highest BCUT2D eigenvalue weighted by Crippen LogP contribution is 2.25. The quantitative estimate of drug-likeness (QED) is 0.157. The summed E-state index contributed by atoms with van der Waals surface area (Å²) in [5, 5.41) is 22.9. The van der Waals surface area contributed by atoms with E-state index in [1.54, 1.807) is 40.7 Å². The lowest BCUT2D eigenvalue weighted by Crippen LogP contribution is -2.62. The van der Waals surface area contributed by atoms with Crippen LogP contribution < -0.4 is 21.3 Å². The number of hydrogen-bond donors (Lipinski definition) is 5. The number of allylic oxidation sites excluding steroid dienone is 2. The zero-order chi connectivity index (χ0) is 65.8. The number of likely N-dealkylation sites (N-methyl/N-ethyl adjacent to an activating group) is 7. The fourth-order valence-electron chi connectivity index (χ4n) is 10.6. The third kappa shape index (κ3) is 22.6. The molecule has 0 aliphatic carbocycles. The molecular formula is C62H111N11O12. The van der Waals surface area contributed by atoms with Crippen LogP contribution in [0.25, 0.3) is 0 Å². The summed E-state index contributed by atoms with van der Waals surface area (Å²) in [6, 6.07) is -10.7. The Labute approximate surface area is 508 Å². The average molecular weight is 1200 g/mol. The maximum absolute atomic E-state index is 15.0. The normalized spacial score (nSPS) is 26.3. The monoisotopic (exact) mass is 1200 g/mol. The van der Waals surface area contributed by atoms with Gasteiger partial charge in [-0.2, -0.15) is 0 Å². The molecule has 1 fully saturated rings. The summed E-state index contributed by atoms with van der Waals surface area (Å²) in [6.07, 6.45) is 3.30. The van der Waals surface area contributed by atoms with E-state index in [1.165, 1.54) is 92.6 Å². The van der Waals surface area contributed by atoms with Gasteiger partial charge in [-0.15, -0.1) is 0 Å². The highest BCUT2D eigenvalue weighted by molar-refractivity contribution is 5.99. The highest BCUT2D eigenvalue weighted by Gasteiger charge is 2.45. The molecule has 486 valence electrons. The molecule has 11 atom stereocenters. The van der Waals surface area contributed by atoms with Gasteiger partial charge in [0.1, 0.15) is 54.4 Å². The van der Waals surface area contributed by atoms with Crippen molar-refractivity contribution in [3.8, 4) is 0 Å². The molecule has 23 heteroatoms. The van der Waals surface area contributed by atoms with Crippen molar-refractivity contribution in [1.82, 2.24) is 55.6 Å². The van der Waals surface area contributed by atoms with Crippen molar-refractivity contribution in [2.45, 2.75) is 216 Å². The van der Waals surface area contributed by atoms with Gasteiger partial charge in [0.25, 0.3) is 0 Å². The van der Waals surface area contributed by atoms with Gasteiger partial charge in [-0.25, -0.2) is 0 Å². The lowest BCUT2D eigenvalue weighted by atomic mass is 9.91.